The lowest BCUT2D eigenvalue weighted by atomic mass is 10.2. The van der Waals surface area contributed by atoms with Crippen molar-refractivity contribution in [2.45, 2.75) is 38.5 Å². The highest BCUT2D eigenvalue weighted by Gasteiger charge is 2.22. The van der Waals surface area contributed by atoms with Crippen LogP contribution in [0, 0.1) is 6.92 Å². The minimum Gasteiger partial charge on any atom is -0.398 e. The summed E-state index contributed by atoms with van der Waals surface area (Å²) in [6.07, 6.45) is 1.84. The molecule has 18 heavy (non-hydrogen) atoms. The molecule has 0 atom stereocenters. The number of rotatable bonds is 6. The molecule has 0 aliphatic carbocycles. The maximum atomic E-state index is 12.4. The van der Waals surface area contributed by atoms with Crippen molar-refractivity contribution in [3.63, 3.8) is 0 Å². The average molecular weight is 270 g/mol. The van der Waals surface area contributed by atoms with Gasteiger partial charge >= 0.3 is 0 Å². The third-order valence-corrected chi connectivity index (χ3v) is 4.97. The molecule has 5 heteroatoms. The van der Waals surface area contributed by atoms with Gasteiger partial charge in [-0.25, -0.2) is 8.42 Å². The van der Waals surface area contributed by atoms with Crippen LogP contribution in [0.4, 0.5) is 5.69 Å². The second kappa shape index (κ2) is 6.20. The number of unbranched alkanes of at least 4 members (excludes halogenated alkanes) is 1. The van der Waals surface area contributed by atoms with Gasteiger partial charge in [0.25, 0.3) is 0 Å². The van der Waals surface area contributed by atoms with E-state index in [0.29, 0.717) is 18.8 Å². The lowest BCUT2D eigenvalue weighted by Crippen LogP contribution is -2.31. The van der Waals surface area contributed by atoms with Crippen molar-refractivity contribution in [3.05, 3.63) is 23.8 Å². The van der Waals surface area contributed by atoms with E-state index >= 15 is 0 Å². The quantitative estimate of drug-likeness (QED) is 0.807. The summed E-state index contributed by atoms with van der Waals surface area (Å²) in [7, 11) is -3.41. The maximum Gasteiger partial charge on any atom is 0.243 e. The van der Waals surface area contributed by atoms with Gasteiger partial charge in [-0.1, -0.05) is 26.3 Å². The molecule has 0 amide bonds. The minimum absolute atomic E-state index is 0.281. The van der Waals surface area contributed by atoms with E-state index in [1.807, 2.05) is 20.8 Å². The third kappa shape index (κ3) is 3.23. The van der Waals surface area contributed by atoms with E-state index in [1.54, 1.807) is 18.2 Å². The predicted molar refractivity (Wildman–Crippen MR) is 74.9 cm³/mol. The van der Waals surface area contributed by atoms with Crippen LogP contribution in [0.5, 0.6) is 0 Å². The highest BCUT2D eigenvalue weighted by molar-refractivity contribution is 7.89. The number of hydrogen-bond donors (Lipinski definition) is 1. The smallest absolute Gasteiger partial charge is 0.243 e. The molecule has 0 bridgehead atoms. The van der Waals surface area contributed by atoms with E-state index in [-0.39, 0.29) is 4.90 Å². The number of sulfonamides is 1. The lowest BCUT2D eigenvalue weighted by molar-refractivity contribution is 0.419. The highest BCUT2D eigenvalue weighted by Crippen LogP contribution is 2.21. The molecule has 0 aromatic heterocycles. The van der Waals surface area contributed by atoms with Crippen LogP contribution in [0.15, 0.2) is 23.1 Å². The Morgan fingerprint density at radius 2 is 1.94 bits per heavy atom. The molecule has 0 spiro atoms. The standard InChI is InChI=1S/C13H22N2O2S/c1-4-6-9-15(5-2)18(16,17)12-8-7-11(3)13(14)10-12/h7-8,10H,4-6,9,14H2,1-3H3. The van der Waals surface area contributed by atoms with Gasteiger partial charge in [0.15, 0.2) is 0 Å². The Balaban J connectivity index is 3.06. The second-order valence-corrected chi connectivity index (χ2v) is 6.31. The lowest BCUT2D eigenvalue weighted by Gasteiger charge is -2.20. The Morgan fingerprint density at radius 3 is 2.44 bits per heavy atom. The summed E-state index contributed by atoms with van der Waals surface area (Å²) < 4.78 is 26.3. The number of benzene rings is 1. The summed E-state index contributed by atoms with van der Waals surface area (Å²) in [5.41, 5.74) is 7.19. The average Bonchev–Trinajstić information content (AvgIpc) is 2.33. The van der Waals surface area contributed by atoms with Crippen LogP contribution in [-0.2, 0) is 10.0 Å². The molecule has 1 aromatic rings. The van der Waals surface area contributed by atoms with Crippen molar-refractivity contribution in [1.82, 2.24) is 4.31 Å². The van der Waals surface area contributed by atoms with Crippen LogP contribution < -0.4 is 5.73 Å². The molecule has 2 N–H and O–H groups in total. The molecule has 1 aromatic carbocycles. The Kier molecular flexibility index (Phi) is 5.16. The number of hydrogen-bond acceptors (Lipinski definition) is 3. The van der Waals surface area contributed by atoms with Crippen molar-refractivity contribution in [3.8, 4) is 0 Å². The number of aryl methyl sites for hydroxylation is 1. The van der Waals surface area contributed by atoms with E-state index in [0.717, 1.165) is 18.4 Å². The molecule has 102 valence electrons. The molecular weight excluding hydrogens is 248 g/mol. The first kappa shape index (κ1) is 15.0. The van der Waals surface area contributed by atoms with Crippen LogP contribution in [0.25, 0.3) is 0 Å². The fourth-order valence-corrected chi connectivity index (χ4v) is 3.23. The Bertz CT molecular complexity index is 498. The summed E-state index contributed by atoms with van der Waals surface area (Å²) in [6.45, 7) is 6.80. The van der Waals surface area contributed by atoms with E-state index in [9.17, 15) is 8.42 Å². The zero-order chi connectivity index (χ0) is 13.8. The van der Waals surface area contributed by atoms with Crippen molar-refractivity contribution in [2.75, 3.05) is 18.8 Å². The molecule has 0 aliphatic heterocycles. The molecule has 0 saturated carbocycles. The van der Waals surface area contributed by atoms with Gasteiger partial charge in [-0.15, -0.1) is 0 Å². The molecule has 4 nitrogen and oxygen atoms in total. The van der Waals surface area contributed by atoms with Gasteiger partial charge in [0.2, 0.25) is 10.0 Å². The van der Waals surface area contributed by atoms with E-state index in [4.69, 9.17) is 5.73 Å². The Hall–Kier alpha value is -1.07. The first-order chi connectivity index (χ1) is 8.43. The molecule has 0 radical (unpaired) electrons. The van der Waals surface area contributed by atoms with Crippen LogP contribution in [-0.4, -0.2) is 25.8 Å². The first-order valence-corrected chi connectivity index (χ1v) is 7.73. The van der Waals surface area contributed by atoms with E-state index in [2.05, 4.69) is 0 Å². The summed E-state index contributed by atoms with van der Waals surface area (Å²) in [6, 6.07) is 4.91. The minimum atomic E-state index is -3.41. The van der Waals surface area contributed by atoms with Crippen molar-refractivity contribution >= 4 is 15.7 Å². The monoisotopic (exact) mass is 270 g/mol. The van der Waals surface area contributed by atoms with Gasteiger partial charge in [-0.3, -0.25) is 0 Å². The maximum absolute atomic E-state index is 12.4. The summed E-state index contributed by atoms with van der Waals surface area (Å²) in [4.78, 5) is 0.281. The second-order valence-electron chi connectivity index (χ2n) is 4.37. The van der Waals surface area contributed by atoms with Gasteiger partial charge in [0.05, 0.1) is 4.90 Å². The molecule has 0 fully saturated rings. The summed E-state index contributed by atoms with van der Waals surface area (Å²) >= 11 is 0. The predicted octanol–water partition coefficient (Wildman–Crippen LogP) is 2.39. The molecule has 0 heterocycles. The largest absolute Gasteiger partial charge is 0.398 e. The number of nitrogens with zero attached hydrogens (tertiary/aromatic N) is 1. The zero-order valence-corrected chi connectivity index (χ0v) is 12.1. The fraction of sp³-hybridized carbons (Fsp3) is 0.538. The Labute approximate surface area is 110 Å². The zero-order valence-electron chi connectivity index (χ0n) is 11.3. The van der Waals surface area contributed by atoms with Crippen LogP contribution in [0.1, 0.15) is 32.3 Å². The summed E-state index contributed by atoms with van der Waals surface area (Å²) in [5, 5.41) is 0. The first-order valence-electron chi connectivity index (χ1n) is 6.29. The van der Waals surface area contributed by atoms with Crippen LogP contribution in [0.3, 0.4) is 0 Å². The van der Waals surface area contributed by atoms with Gasteiger partial charge in [-0.05, 0) is 31.0 Å². The van der Waals surface area contributed by atoms with Gasteiger partial charge in [-0.2, -0.15) is 4.31 Å². The van der Waals surface area contributed by atoms with Crippen LogP contribution in [0.2, 0.25) is 0 Å². The van der Waals surface area contributed by atoms with Gasteiger partial charge < -0.3 is 5.73 Å². The fourth-order valence-electron chi connectivity index (χ4n) is 1.71. The van der Waals surface area contributed by atoms with Crippen molar-refractivity contribution in [1.29, 1.82) is 0 Å². The number of nitrogen functional groups attached to an aromatic ring is 1. The Morgan fingerprint density at radius 1 is 1.28 bits per heavy atom. The molecule has 1 rings (SSSR count). The topological polar surface area (TPSA) is 63.4 Å². The van der Waals surface area contributed by atoms with Crippen LogP contribution >= 0.6 is 0 Å². The SMILES string of the molecule is CCCCN(CC)S(=O)(=O)c1ccc(C)c(N)c1. The molecule has 0 saturated heterocycles. The van der Waals surface area contributed by atoms with Gasteiger partial charge in [0, 0.05) is 18.8 Å². The molecule has 0 unspecified atom stereocenters. The normalized spacial score (nSPS) is 12.0. The number of anilines is 1. The molecule has 0 aliphatic rings. The van der Waals surface area contributed by atoms with Crippen molar-refractivity contribution in [2.24, 2.45) is 0 Å². The van der Waals surface area contributed by atoms with Gasteiger partial charge in [0.1, 0.15) is 0 Å². The van der Waals surface area contributed by atoms with E-state index < -0.39 is 10.0 Å². The summed E-state index contributed by atoms with van der Waals surface area (Å²) in [5.74, 6) is 0. The third-order valence-electron chi connectivity index (χ3n) is 3.00. The van der Waals surface area contributed by atoms with E-state index in [1.165, 1.54) is 4.31 Å². The van der Waals surface area contributed by atoms with Crippen molar-refractivity contribution < 1.29 is 8.42 Å². The molecular formula is C13H22N2O2S. The number of nitrogens with two attached hydrogens (primary N) is 1. The highest BCUT2D eigenvalue weighted by atomic mass is 32.2.